The average Bonchev–Trinajstić information content (AvgIpc) is 2.98. The van der Waals surface area contributed by atoms with Gasteiger partial charge in [0.2, 0.25) is 10.0 Å². The lowest BCUT2D eigenvalue weighted by atomic mass is 10.1. The van der Waals surface area contributed by atoms with E-state index in [1.54, 1.807) is 42.5 Å². The van der Waals surface area contributed by atoms with E-state index in [2.05, 4.69) is 0 Å². The molecule has 3 aromatic rings. The van der Waals surface area contributed by atoms with Crippen LogP contribution in [0.25, 0.3) is 10.8 Å². The molecule has 0 spiro atoms. The fraction of sp³-hybridized carbons (Fsp3) is 0.238. The molecular weight excluding hydrogens is 424 g/mol. The lowest BCUT2D eigenvalue weighted by molar-refractivity contribution is 0.0730. The number of anilines is 1. The Bertz CT molecular complexity index is 1340. The van der Waals surface area contributed by atoms with Crippen LogP contribution in [0.5, 0.6) is 0 Å². The van der Waals surface area contributed by atoms with Crippen molar-refractivity contribution in [2.75, 3.05) is 30.6 Å². The number of ether oxygens (including phenoxy) is 1. The van der Waals surface area contributed by atoms with Crippen molar-refractivity contribution in [3.8, 4) is 0 Å². The van der Waals surface area contributed by atoms with Crippen molar-refractivity contribution in [3.63, 3.8) is 0 Å². The first-order valence-corrected chi connectivity index (χ1v) is 12.5. The molecule has 0 saturated carbocycles. The fourth-order valence-electron chi connectivity index (χ4n) is 4.03. The number of nitrogens with zero attached hydrogens (tertiary/aromatic N) is 2. The van der Waals surface area contributed by atoms with Gasteiger partial charge in [0.05, 0.1) is 35.2 Å². The molecule has 0 atom stereocenters. The summed E-state index contributed by atoms with van der Waals surface area (Å²) in [6.07, 6.45) is 0. The second-order valence-electron chi connectivity index (χ2n) is 7.31. The summed E-state index contributed by atoms with van der Waals surface area (Å²) in [7, 11) is -7.36. The number of hydrogen-bond donors (Lipinski definition) is 0. The highest BCUT2D eigenvalue weighted by Gasteiger charge is 2.35. The van der Waals surface area contributed by atoms with Crippen LogP contribution < -0.4 is 4.31 Å². The van der Waals surface area contributed by atoms with Gasteiger partial charge in [-0.05, 0) is 35.2 Å². The van der Waals surface area contributed by atoms with Crippen molar-refractivity contribution in [2.45, 2.75) is 16.3 Å². The zero-order chi connectivity index (χ0) is 20.9. The third-order valence-electron chi connectivity index (χ3n) is 5.51. The third-order valence-corrected chi connectivity index (χ3v) is 9.21. The van der Waals surface area contributed by atoms with Gasteiger partial charge >= 0.3 is 0 Å². The van der Waals surface area contributed by atoms with Crippen LogP contribution in [-0.2, 0) is 31.3 Å². The van der Waals surface area contributed by atoms with Crippen LogP contribution >= 0.6 is 0 Å². The van der Waals surface area contributed by atoms with Crippen molar-refractivity contribution in [3.05, 3.63) is 66.2 Å². The predicted octanol–water partition coefficient (Wildman–Crippen LogP) is 2.57. The van der Waals surface area contributed by atoms with Gasteiger partial charge < -0.3 is 4.74 Å². The van der Waals surface area contributed by atoms with E-state index in [0.717, 1.165) is 5.39 Å². The van der Waals surface area contributed by atoms with E-state index in [-0.39, 0.29) is 16.3 Å². The van der Waals surface area contributed by atoms with Gasteiger partial charge in [-0.2, -0.15) is 4.31 Å². The summed E-state index contributed by atoms with van der Waals surface area (Å²) in [6.45, 7) is 1.41. The summed E-state index contributed by atoms with van der Waals surface area (Å²) in [5.74, 6) is 0. The molecule has 156 valence electrons. The maximum atomic E-state index is 13.2. The second kappa shape index (κ2) is 7.05. The van der Waals surface area contributed by atoms with E-state index in [0.29, 0.717) is 42.9 Å². The zero-order valence-electron chi connectivity index (χ0n) is 16.1. The van der Waals surface area contributed by atoms with Gasteiger partial charge in [-0.25, -0.2) is 16.8 Å². The smallest absolute Gasteiger partial charge is 0.265 e. The topological polar surface area (TPSA) is 84.0 Å². The summed E-state index contributed by atoms with van der Waals surface area (Å²) < 4.78 is 60.3. The van der Waals surface area contributed by atoms with Gasteiger partial charge in [-0.1, -0.05) is 36.4 Å². The lowest BCUT2D eigenvalue weighted by Crippen LogP contribution is -2.40. The molecule has 0 aromatic heterocycles. The summed E-state index contributed by atoms with van der Waals surface area (Å²) in [5, 5.41) is 1.57. The maximum absolute atomic E-state index is 13.2. The number of hydrogen-bond acceptors (Lipinski definition) is 5. The van der Waals surface area contributed by atoms with E-state index < -0.39 is 20.0 Å². The summed E-state index contributed by atoms with van der Waals surface area (Å²) in [5.41, 5.74) is 1.22. The Labute approximate surface area is 175 Å². The van der Waals surface area contributed by atoms with Crippen LogP contribution in [0.1, 0.15) is 5.56 Å². The second-order valence-corrected chi connectivity index (χ2v) is 11.1. The highest BCUT2D eigenvalue weighted by molar-refractivity contribution is 7.93. The van der Waals surface area contributed by atoms with E-state index >= 15 is 0 Å². The van der Waals surface area contributed by atoms with Crippen LogP contribution in [0.15, 0.2) is 70.5 Å². The molecule has 0 radical (unpaired) electrons. The molecule has 0 N–H and O–H groups in total. The number of sulfonamides is 2. The monoisotopic (exact) mass is 444 g/mol. The van der Waals surface area contributed by atoms with E-state index in [1.807, 2.05) is 18.2 Å². The van der Waals surface area contributed by atoms with Crippen LogP contribution in [0.4, 0.5) is 5.69 Å². The zero-order valence-corrected chi connectivity index (χ0v) is 17.7. The van der Waals surface area contributed by atoms with Crippen molar-refractivity contribution >= 4 is 36.5 Å². The van der Waals surface area contributed by atoms with Crippen molar-refractivity contribution in [1.29, 1.82) is 0 Å². The standard InChI is InChI=1S/C21H20N2O5S2/c24-29(25,22-10-12-28-13-11-22)18-7-1-4-16(14-18)15-23-19-8-2-5-17-6-3-9-20(21(17)19)30(23,26)27/h1-9,14H,10-13,15H2. The Hall–Kier alpha value is -2.46. The first-order valence-electron chi connectivity index (χ1n) is 9.60. The minimum Gasteiger partial charge on any atom is -0.379 e. The Morgan fingerprint density at radius 2 is 1.63 bits per heavy atom. The molecule has 0 unspecified atom stereocenters. The molecule has 0 amide bonds. The molecule has 3 aromatic carbocycles. The quantitative estimate of drug-likeness (QED) is 0.618. The highest BCUT2D eigenvalue weighted by Crippen LogP contribution is 2.42. The number of morpholine rings is 1. The molecule has 30 heavy (non-hydrogen) atoms. The average molecular weight is 445 g/mol. The van der Waals surface area contributed by atoms with E-state index in [1.165, 1.54) is 8.61 Å². The van der Waals surface area contributed by atoms with Crippen LogP contribution in [0, 0.1) is 0 Å². The molecule has 0 bridgehead atoms. The molecule has 1 saturated heterocycles. The molecule has 2 aliphatic heterocycles. The summed E-state index contributed by atoms with van der Waals surface area (Å²) in [6, 6.07) is 17.2. The van der Waals surface area contributed by atoms with Crippen molar-refractivity contribution in [1.82, 2.24) is 4.31 Å². The van der Waals surface area contributed by atoms with Crippen LogP contribution in [0.3, 0.4) is 0 Å². The van der Waals surface area contributed by atoms with Crippen LogP contribution in [0.2, 0.25) is 0 Å². The van der Waals surface area contributed by atoms with Gasteiger partial charge in [0, 0.05) is 18.5 Å². The minimum atomic E-state index is -3.71. The third kappa shape index (κ3) is 3.01. The first kappa shape index (κ1) is 19.5. The molecule has 2 aliphatic rings. The Balaban J connectivity index is 1.52. The number of benzene rings is 3. The Kier molecular flexibility index (Phi) is 4.59. The SMILES string of the molecule is O=S(=O)(c1cccc(CN2c3cccc4cccc(c34)S2(=O)=O)c1)N1CCOCC1. The van der Waals surface area contributed by atoms with Crippen molar-refractivity contribution < 1.29 is 21.6 Å². The van der Waals surface area contributed by atoms with Gasteiger partial charge in [-0.15, -0.1) is 0 Å². The fourth-order valence-corrected chi connectivity index (χ4v) is 7.21. The van der Waals surface area contributed by atoms with Crippen molar-refractivity contribution in [2.24, 2.45) is 0 Å². The largest absolute Gasteiger partial charge is 0.379 e. The normalized spacial score (nSPS) is 18.7. The maximum Gasteiger partial charge on any atom is 0.265 e. The Morgan fingerprint density at radius 1 is 0.933 bits per heavy atom. The molecule has 0 aliphatic carbocycles. The van der Waals surface area contributed by atoms with Gasteiger partial charge in [-0.3, -0.25) is 4.31 Å². The molecule has 7 nitrogen and oxygen atoms in total. The molecular formula is C21H20N2O5S2. The van der Waals surface area contributed by atoms with E-state index in [4.69, 9.17) is 4.74 Å². The first-order chi connectivity index (χ1) is 14.4. The lowest BCUT2D eigenvalue weighted by Gasteiger charge is -2.26. The Morgan fingerprint density at radius 3 is 2.40 bits per heavy atom. The molecule has 5 rings (SSSR count). The predicted molar refractivity (Wildman–Crippen MR) is 113 cm³/mol. The summed E-state index contributed by atoms with van der Waals surface area (Å²) >= 11 is 0. The molecule has 2 heterocycles. The minimum absolute atomic E-state index is 0.0581. The number of rotatable bonds is 4. The molecule has 1 fully saturated rings. The van der Waals surface area contributed by atoms with Gasteiger partial charge in [0.15, 0.2) is 0 Å². The highest BCUT2D eigenvalue weighted by atomic mass is 32.2. The van der Waals surface area contributed by atoms with Gasteiger partial charge in [0.1, 0.15) is 0 Å². The summed E-state index contributed by atoms with van der Waals surface area (Å²) in [4.78, 5) is 0.446. The van der Waals surface area contributed by atoms with Gasteiger partial charge in [0.25, 0.3) is 10.0 Å². The van der Waals surface area contributed by atoms with E-state index in [9.17, 15) is 16.8 Å². The van der Waals surface area contributed by atoms with Crippen LogP contribution in [-0.4, -0.2) is 47.4 Å². The molecule has 9 heteroatoms.